The summed E-state index contributed by atoms with van der Waals surface area (Å²) in [7, 11) is 3.98. The van der Waals surface area contributed by atoms with Crippen molar-refractivity contribution in [1.29, 1.82) is 0 Å². The third-order valence-corrected chi connectivity index (χ3v) is 4.36. The summed E-state index contributed by atoms with van der Waals surface area (Å²) >= 11 is 11.6. The van der Waals surface area contributed by atoms with Crippen LogP contribution in [0.5, 0.6) is 0 Å². The molecule has 2 rings (SSSR count). The lowest BCUT2D eigenvalue weighted by molar-refractivity contribution is 0.299. The van der Waals surface area contributed by atoms with Crippen molar-refractivity contribution in [2.24, 2.45) is 0 Å². The minimum Gasteiger partial charge on any atom is -0.361 e. The van der Waals surface area contributed by atoms with Crippen LogP contribution in [-0.2, 0) is 0 Å². The van der Waals surface area contributed by atoms with Crippen LogP contribution in [0.2, 0.25) is 5.02 Å². The molecule has 0 saturated heterocycles. The van der Waals surface area contributed by atoms with Crippen LogP contribution >= 0.6 is 23.8 Å². The van der Waals surface area contributed by atoms with Gasteiger partial charge in [-0.15, -0.1) is 0 Å². The van der Waals surface area contributed by atoms with Crippen LogP contribution in [0.1, 0.15) is 17.2 Å². The number of benzene rings is 2. The van der Waals surface area contributed by atoms with Gasteiger partial charge < -0.3 is 15.5 Å². The number of hydrogen-bond donors (Lipinski definition) is 2. The Morgan fingerprint density at radius 3 is 2.58 bits per heavy atom. The Kier molecular flexibility index (Phi) is 6.54. The second kappa shape index (κ2) is 8.42. The minimum absolute atomic E-state index is 0.0632. The first-order chi connectivity index (χ1) is 11.4. The Labute approximate surface area is 152 Å². The van der Waals surface area contributed by atoms with Crippen LogP contribution in [-0.4, -0.2) is 30.7 Å². The topological polar surface area (TPSA) is 27.3 Å². The van der Waals surface area contributed by atoms with Crippen molar-refractivity contribution >= 4 is 34.6 Å². The number of halogens is 2. The molecule has 0 spiro atoms. The molecule has 2 aromatic carbocycles. The normalized spacial score (nSPS) is 12.1. The molecular formula is C18H21ClFN3S. The van der Waals surface area contributed by atoms with Crippen LogP contribution in [0.25, 0.3) is 0 Å². The maximum absolute atomic E-state index is 13.6. The maximum atomic E-state index is 13.6. The molecule has 1 atom stereocenters. The molecule has 2 N–H and O–H groups in total. The van der Waals surface area contributed by atoms with E-state index in [-0.39, 0.29) is 11.9 Å². The molecule has 24 heavy (non-hydrogen) atoms. The van der Waals surface area contributed by atoms with Crippen molar-refractivity contribution in [3.05, 3.63) is 64.4 Å². The standard InChI is InChI=1S/C18H21ClFN3S/c1-12-8-9-13(10-16(12)20)22-18(24)21-11-17(23(2)3)14-6-4-5-7-15(14)19/h4-10,17H,11H2,1-3H3,(H2,21,22,24)/t17-/m1/s1. The summed E-state index contributed by atoms with van der Waals surface area (Å²) in [6.45, 7) is 2.30. The summed E-state index contributed by atoms with van der Waals surface area (Å²) in [6, 6.07) is 12.7. The number of likely N-dealkylation sites (N-methyl/N-ethyl adjacent to an activating group) is 1. The van der Waals surface area contributed by atoms with Crippen molar-refractivity contribution in [3.8, 4) is 0 Å². The van der Waals surface area contributed by atoms with E-state index in [1.807, 2.05) is 38.4 Å². The van der Waals surface area contributed by atoms with Crippen molar-refractivity contribution in [1.82, 2.24) is 10.2 Å². The Morgan fingerprint density at radius 2 is 1.96 bits per heavy atom. The molecule has 0 saturated carbocycles. The van der Waals surface area contributed by atoms with Crippen LogP contribution in [0.15, 0.2) is 42.5 Å². The second-order valence-corrected chi connectivity index (χ2v) is 6.62. The number of hydrogen-bond acceptors (Lipinski definition) is 2. The zero-order valence-corrected chi connectivity index (χ0v) is 15.5. The quantitative estimate of drug-likeness (QED) is 0.769. The zero-order chi connectivity index (χ0) is 17.7. The van der Waals surface area contributed by atoms with Crippen LogP contribution in [0, 0.1) is 12.7 Å². The predicted molar refractivity (Wildman–Crippen MR) is 103 cm³/mol. The fraction of sp³-hybridized carbons (Fsp3) is 0.278. The number of nitrogens with one attached hydrogen (secondary N) is 2. The van der Waals surface area contributed by atoms with E-state index in [4.69, 9.17) is 23.8 Å². The van der Waals surface area contributed by atoms with Gasteiger partial charge in [0.15, 0.2) is 5.11 Å². The van der Waals surface area contributed by atoms with E-state index in [1.54, 1.807) is 19.1 Å². The Hall–Kier alpha value is -1.69. The number of thiocarbonyl (C=S) groups is 1. The van der Waals surface area contributed by atoms with Gasteiger partial charge in [-0.25, -0.2) is 4.39 Å². The highest BCUT2D eigenvalue weighted by atomic mass is 35.5. The monoisotopic (exact) mass is 365 g/mol. The van der Waals surface area contributed by atoms with Gasteiger partial charge >= 0.3 is 0 Å². The van der Waals surface area contributed by atoms with Gasteiger partial charge in [0.05, 0.1) is 6.04 Å². The fourth-order valence-corrected chi connectivity index (χ4v) is 2.81. The van der Waals surface area contributed by atoms with Crippen molar-refractivity contribution in [2.45, 2.75) is 13.0 Å². The fourth-order valence-electron chi connectivity index (χ4n) is 2.35. The summed E-state index contributed by atoms with van der Waals surface area (Å²) in [4.78, 5) is 2.07. The molecule has 0 radical (unpaired) electrons. The van der Waals surface area contributed by atoms with E-state index in [2.05, 4.69) is 15.5 Å². The summed E-state index contributed by atoms with van der Waals surface area (Å²) in [6.07, 6.45) is 0. The molecule has 3 nitrogen and oxygen atoms in total. The number of nitrogens with zero attached hydrogens (tertiary/aromatic N) is 1. The van der Waals surface area contributed by atoms with Gasteiger partial charge in [0.25, 0.3) is 0 Å². The van der Waals surface area contributed by atoms with E-state index < -0.39 is 0 Å². The predicted octanol–water partition coefficient (Wildman–Crippen LogP) is 4.38. The highest BCUT2D eigenvalue weighted by molar-refractivity contribution is 7.80. The van der Waals surface area contributed by atoms with E-state index >= 15 is 0 Å². The maximum Gasteiger partial charge on any atom is 0.170 e. The SMILES string of the molecule is Cc1ccc(NC(=S)NC[C@H](c2ccccc2Cl)N(C)C)cc1F. The Morgan fingerprint density at radius 1 is 1.25 bits per heavy atom. The molecule has 0 aromatic heterocycles. The molecule has 2 aromatic rings. The van der Waals surface area contributed by atoms with Gasteiger partial charge in [-0.2, -0.15) is 0 Å². The summed E-state index contributed by atoms with van der Waals surface area (Å²) < 4.78 is 13.6. The molecule has 0 bridgehead atoms. The highest BCUT2D eigenvalue weighted by Crippen LogP contribution is 2.25. The average Bonchev–Trinajstić information content (AvgIpc) is 2.52. The van der Waals surface area contributed by atoms with E-state index in [1.165, 1.54) is 6.07 Å². The molecule has 128 valence electrons. The Balaban J connectivity index is 2.00. The second-order valence-electron chi connectivity index (χ2n) is 5.80. The van der Waals surface area contributed by atoms with Gasteiger partial charge in [-0.3, -0.25) is 0 Å². The van der Waals surface area contributed by atoms with Crippen LogP contribution in [0.3, 0.4) is 0 Å². The van der Waals surface area contributed by atoms with Gasteiger partial charge in [-0.05, 0) is 62.6 Å². The first-order valence-corrected chi connectivity index (χ1v) is 8.39. The summed E-state index contributed by atoms with van der Waals surface area (Å²) in [5.41, 5.74) is 2.25. The first kappa shape index (κ1) is 18.6. The lowest BCUT2D eigenvalue weighted by Crippen LogP contribution is -2.36. The van der Waals surface area contributed by atoms with Gasteiger partial charge in [0.2, 0.25) is 0 Å². The molecule has 0 aliphatic heterocycles. The van der Waals surface area contributed by atoms with E-state index in [0.29, 0.717) is 22.9 Å². The van der Waals surface area contributed by atoms with E-state index in [0.717, 1.165) is 10.6 Å². The third kappa shape index (κ3) is 4.90. The smallest absolute Gasteiger partial charge is 0.170 e. The first-order valence-electron chi connectivity index (χ1n) is 7.60. The molecular weight excluding hydrogens is 345 g/mol. The van der Waals surface area contributed by atoms with Gasteiger partial charge in [0.1, 0.15) is 5.82 Å². The summed E-state index contributed by atoms with van der Waals surface area (Å²) in [5.74, 6) is -0.259. The molecule has 0 heterocycles. The Bertz CT molecular complexity index is 721. The number of rotatable bonds is 5. The molecule has 0 aliphatic carbocycles. The molecule has 0 aliphatic rings. The highest BCUT2D eigenvalue weighted by Gasteiger charge is 2.17. The van der Waals surface area contributed by atoms with Crippen LogP contribution < -0.4 is 10.6 Å². The van der Waals surface area contributed by atoms with E-state index in [9.17, 15) is 4.39 Å². The molecule has 0 amide bonds. The van der Waals surface area contributed by atoms with Crippen molar-refractivity contribution < 1.29 is 4.39 Å². The van der Waals surface area contributed by atoms with Crippen LogP contribution in [0.4, 0.5) is 10.1 Å². The molecule has 0 unspecified atom stereocenters. The van der Waals surface area contributed by atoms with Crippen molar-refractivity contribution in [2.75, 3.05) is 26.0 Å². The van der Waals surface area contributed by atoms with Crippen molar-refractivity contribution in [3.63, 3.8) is 0 Å². The third-order valence-electron chi connectivity index (χ3n) is 3.77. The minimum atomic E-state index is -0.259. The molecule has 6 heteroatoms. The molecule has 0 fully saturated rings. The van der Waals surface area contributed by atoms with Gasteiger partial charge in [-0.1, -0.05) is 35.9 Å². The lowest BCUT2D eigenvalue weighted by atomic mass is 10.1. The van der Waals surface area contributed by atoms with Gasteiger partial charge in [0, 0.05) is 17.3 Å². The average molecular weight is 366 g/mol. The number of aryl methyl sites for hydroxylation is 1. The zero-order valence-electron chi connectivity index (χ0n) is 13.9. The summed E-state index contributed by atoms with van der Waals surface area (Å²) in [5, 5.41) is 7.33. The lowest BCUT2D eigenvalue weighted by Gasteiger charge is -2.26. The largest absolute Gasteiger partial charge is 0.361 e. The number of anilines is 1.